The number of carbonyl (C=O) groups excluding carboxylic acids is 1. The van der Waals surface area contributed by atoms with E-state index in [0.717, 1.165) is 28.6 Å². The van der Waals surface area contributed by atoms with Gasteiger partial charge in [-0.3, -0.25) is 0 Å². The van der Waals surface area contributed by atoms with Crippen LogP contribution in [0.1, 0.15) is 6.42 Å². The van der Waals surface area contributed by atoms with Crippen molar-refractivity contribution in [3.05, 3.63) is 60.2 Å². The molecule has 2 aromatic carbocycles. The fraction of sp³-hybridized carbons (Fsp3) is 0.350. The number of thioether (sulfide) groups is 1. The maximum Gasteiger partial charge on any atom is 0.317 e. The highest BCUT2D eigenvalue weighted by atomic mass is 32.2. The number of amides is 2. The first-order valence-electron chi connectivity index (χ1n) is 9.54. The van der Waals surface area contributed by atoms with Gasteiger partial charge in [0.1, 0.15) is 16.5 Å². The number of hydrogen-bond donors (Lipinski definition) is 1. The van der Waals surface area contributed by atoms with Gasteiger partial charge in [-0.2, -0.15) is 4.31 Å². The minimum absolute atomic E-state index is 0.0520. The van der Waals surface area contributed by atoms with Crippen molar-refractivity contribution in [1.82, 2.24) is 14.5 Å². The van der Waals surface area contributed by atoms with Gasteiger partial charge in [0, 0.05) is 43.7 Å². The minimum Gasteiger partial charge on any atom is -0.338 e. The van der Waals surface area contributed by atoms with Gasteiger partial charge in [0.05, 0.1) is 0 Å². The molecule has 1 aliphatic heterocycles. The Hall–Kier alpha value is -2.17. The maximum absolute atomic E-state index is 13.9. The summed E-state index contributed by atoms with van der Waals surface area (Å²) in [6, 6.07) is 12.1. The lowest BCUT2D eigenvalue weighted by Crippen LogP contribution is -2.53. The largest absolute Gasteiger partial charge is 0.338 e. The molecule has 0 saturated carbocycles. The highest BCUT2D eigenvalue weighted by Gasteiger charge is 2.32. The van der Waals surface area contributed by atoms with E-state index < -0.39 is 26.6 Å². The number of benzene rings is 2. The molecule has 0 aliphatic carbocycles. The third-order valence-corrected chi connectivity index (χ3v) is 7.68. The van der Waals surface area contributed by atoms with Gasteiger partial charge in [-0.15, -0.1) is 11.8 Å². The molecule has 0 unspecified atom stereocenters. The average Bonchev–Trinajstić information content (AvgIpc) is 2.74. The van der Waals surface area contributed by atoms with Crippen LogP contribution in [0.25, 0.3) is 0 Å². The summed E-state index contributed by atoms with van der Waals surface area (Å²) in [5.41, 5.74) is 0. The van der Waals surface area contributed by atoms with E-state index in [1.165, 1.54) is 9.80 Å². The molecule has 0 radical (unpaired) electrons. The lowest BCUT2D eigenvalue weighted by atomic mass is 10.3. The van der Waals surface area contributed by atoms with Crippen molar-refractivity contribution in [2.75, 3.05) is 38.5 Å². The molecule has 0 aromatic heterocycles. The Kier molecular flexibility index (Phi) is 7.68. The number of urea groups is 1. The number of nitrogens with one attached hydrogen (secondary N) is 1. The van der Waals surface area contributed by atoms with E-state index in [1.54, 1.807) is 11.8 Å². The second kappa shape index (κ2) is 10.2. The van der Waals surface area contributed by atoms with Gasteiger partial charge >= 0.3 is 6.03 Å². The molecule has 1 heterocycles. The molecule has 1 fully saturated rings. The van der Waals surface area contributed by atoms with E-state index in [0.29, 0.717) is 12.6 Å². The van der Waals surface area contributed by atoms with Crippen molar-refractivity contribution in [1.29, 1.82) is 0 Å². The summed E-state index contributed by atoms with van der Waals surface area (Å²) in [6.07, 6.45) is 0.809. The monoisotopic (exact) mass is 455 g/mol. The number of carbonyl (C=O) groups is 1. The molecule has 1 N–H and O–H groups in total. The SMILES string of the molecule is O=C(NCCCSc1ccccc1)N1CCN(S(=O)(=O)c2ccc(F)cc2F)CC1. The normalized spacial score (nSPS) is 15.2. The Morgan fingerprint density at radius 3 is 2.40 bits per heavy atom. The van der Waals surface area contributed by atoms with E-state index in [2.05, 4.69) is 5.32 Å². The van der Waals surface area contributed by atoms with E-state index in [1.807, 2.05) is 30.3 Å². The number of halogens is 2. The van der Waals surface area contributed by atoms with Crippen molar-refractivity contribution in [3.63, 3.8) is 0 Å². The number of hydrogen-bond acceptors (Lipinski definition) is 4. The zero-order chi connectivity index (χ0) is 21.6. The topological polar surface area (TPSA) is 69.7 Å². The van der Waals surface area contributed by atoms with Crippen molar-refractivity contribution in [3.8, 4) is 0 Å². The van der Waals surface area contributed by atoms with Gasteiger partial charge in [-0.05, 0) is 36.4 Å². The zero-order valence-electron chi connectivity index (χ0n) is 16.3. The fourth-order valence-electron chi connectivity index (χ4n) is 3.04. The highest BCUT2D eigenvalue weighted by Crippen LogP contribution is 2.21. The molecule has 10 heteroatoms. The molecule has 162 valence electrons. The van der Waals surface area contributed by atoms with Crippen molar-refractivity contribution in [2.24, 2.45) is 0 Å². The Balaban J connectivity index is 1.42. The summed E-state index contributed by atoms with van der Waals surface area (Å²) < 4.78 is 53.3. The predicted octanol–water partition coefficient (Wildman–Crippen LogP) is 3.16. The van der Waals surface area contributed by atoms with Crippen molar-refractivity contribution >= 4 is 27.8 Å². The number of rotatable bonds is 7. The quantitative estimate of drug-likeness (QED) is 0.514. The van der Waals surface area contributed by atoms with E-state index in [-0.39, 0.29) is 32.2 Å². The number of piperazine rings is 1. The highest BCUT2D eigenvalue weighted by molar-refractivity contribution is 7.99. The summed E-state index contributed by atoms with van der Waals surface area (Å²) in [6.45, 7) is 1.03. The van der Waals surface area contributed by atoms with Gasteiger partial charge in [0.25, 0.3) is 0 Å². The molecule has 1 saturated heterocycles. The molecule has 2 aromatic rings. The molecule has 0 spiro atoms. The van der Waals surface area contributed by atoms with Gasteiger partial charge in [-0.25, -0.2) is 22.0 Å². The predicted molar refractivity (Wildman–Crippen MR) is 112 cm³/mol. The molecular weight excluding hydrogens is 432 g/mol. The summed E-state index contributed by atoms with van der Waals surface area (Å²) in [5.74, 6) is -1.09. The van der Waals surface area contributed by atoms with Crippen molar-refractivity contribution < 1.29 is 22.0 Å². The molecule has 2 amide bonds. The van der Waals surface area contributed by atoms with Crippen LogP contribution in [0.3, 0.4) is 0 Å². The molecular formula is C20H23F2N3O3S2. The summed E-state index contributed by atoms with van der Waals surface area (Å²) in [4.78, 5) is 14.4. The summed E-state index contributed by atoms with van der Waals surface area (Å²) in [7, 11) is -4.08. The Morgan fingerprint density at radius 1 is 1.03 bits per heavy atom. The summed E-state index contributed by atoms with van der Waals surface area (Å²) >= 11 is 1.72. The third kappa shape index (κ3) is 5.71. The minimum atomic E-state index is -4.08. The van der Waals surface area contributed by atoms with Gasteiger partial charge < -0.3 is 10.2 Å². The van der Waals surface area contributed by atoms with Crippen LogP contribution in [0.2, 0.25) is 0 Å². The Labute approximate surface area is 179 Å². The molecule has 0 bridgehead atoms. The zero-order valence-corrected chi connectivity index (χ0v) is 17.9. The maximum atomic E-state index is 13.9. The Bertz CT molecular complexity index is 967. The van der Waals surface area contributed by atoms with E-state index in [4.69, 9.17) is 0 Å². The van der Waals surface area contributed by atoms with Crippen LogP contribution in [-0.4, -0.2) is 62.1 Å². The smallest absolute Gasteiger partial charge is 0.317 e. The van der Waals surface area contributed by atoms with E-state index >= 15 is 0 Å². The lowest BCUT2D eigenvalue weighted by Gasteiger charge is -2.34. The molecule has 30 heavy (non-hydrogen) atoms. The first-order chi connectivity index (χ1) is 14.4. The van der Waals surface area contributed by atoms with Crippen LogP contribution in [0, 0.1) is 11.6 Å². The average molecular weight is 456 g/mol. The molecule has 1 aliphatic rings. The van der Waals surface area contributed by atoms with Gasteiger partial charge in [-0.1, -0.05) is 18.2 Å². The van der Waals surface area contributed by atoms with E-state index in [9.17, 15) is 22.0 Å². The third-order valence-electron chi connectivity index (χ3n) is 4.65. The summed E-state index contributed by atoms with van der Waals surface area (Å²) in [5, 5.41) is 2.84. The number of sulfonamides is 1. The van der Waals surface area contributed by atoms with Crippen LogP contribution in [0.5, 0.6) is 0 Å². The van der Waals surface area contributed by atoms with Crippen LogP contribution >= 0.6 is 11.8 Å². The van der Waals surface area contributed by atoms with Crippen LogP contribution < -0.4 is 5.32 Å². The number of nitrogens with zero attached hydrogens (tertiary/aromatic N) is 2. The second-order valence-electron chi connectivity index (χ2n) is 6.71. The van der Waals surface area contributed by atoms with Crippen molar-refractivity contribution in [2.45, 2.75) is 16.2 Å². The van der Waals surface area contributed by atoms with Gasteiger partial charge in [0.2, 0.25) is 10.0 Å². The second-order valence-corrected chi connectivity index (χ2v) is 9.79. The first-order valence-corrected chi connectivity index (χ1v) is 12.0. The van der Waals surface area contributed by atoms with Gasteiger partial charge in [0.15, 0.2) is 0 Å². The van der Waals surface area contributed by atoms with Crippen LogP contribution in [-0.2, 0) is 10.0 Å². The van der Waals surface area contributed by atoms with Crippen LogP contribution in [0.4, 0.5) is 13.6 Å². The fourth-order valence-corrected chi connectivity index (χ4v) is 5.38. The lowest BCUT2D eigenvalue weighted by molar-refractivity contribution is 0.172. The Morgan fingerprint density at radius 2 is 1.73 bits per heavy atom. The van der Waals surface area contributed by atoms with Crippen LogP contribution in [0.15, 0.2) is 58.3 Å². The molecule has 6 nitrogen and oxygen atoms in total. The standard InChI is InChI=1S/C20H23F2N3O3S2/c21-16-7-8-19(18(22)15-16)30(27,28)25-12-10-24(11-13-25)20(26)23-9-4-14-29-17-5-2-1-3-6-17/h1-3,5-8,15H,4,9-14H2,(H,23,26). The first kappa shape index (κ1) is 22.5. The molecule has 0 atom stereocenters. The molecule has 3 rings (SSSR count).